The second-order valence-corrected chi connectivity index (χ2v) is 14.3. The Kier molecular flexibility index (Phi) is 11.6. The van der Waals surface area contributed by atoms with Crippen LogP contribution in [0.1, 0.15) is 44.4 Å². The predicted molar refractivity (Wildman–Crippen MR) is 186 cm³/mol. The molecule has 3 aromatic carbocycles. The molecule has 0 aromatic heterocycles. The molecule has 7 rings (SSSR count). The van der Waals surface area contributed by atoms with Gasteiger partial charge in [-0.3, -0.25) is 0 Å². The highest BCUT2D eigenvalue weighted by Crippen LogP contribution is 2.44. The molecule has 10 atom stereocenters. The van der Waals surface area contributed by atoms with Crippen LogP contribution >= 0.6 is 0 Å². The summed E-state index contributed by atoms with van der Waals surface area (Å²) in [6.07, 6.45) is -5.95. The summed E-state index contributed by atoms with van der Waals surface area (Å²) in [5.41, 5.74) is 12.8. The second-order valence-electron chi connectivity index (χ2n) is 14.3. The minimum atomic E-state index is -1.05. The highest BCUT2D eigenvalue weighted by atomic mass is 16.9. The Hall–Kier alpha value is -3.43. The average molecular weight is 718 g/mol. The van der Waals surface area contributed by atoms with Gasteiger partial charge in [-0.05, 0) is 49.9 Å². The van der Waals surface area contributed by atoms with E-state index in [1.807, 2.05) is 119 Å². The van der Waals surface area contributed by atoms with Crippen LogP contribution in [0.15, 0.2) is 96.1 Å². The first-order valence-electron chi connectivity index (χ1n) is 17.8. The summed E-state index contributed by atoms with van der Waals surface area (Å²) < 4.78 is 63.9. The van der Waals surface area contributed by atoms with Gasteiger partial charge in [0.05, 0.1) is 33.0 Å². The standard InChI is InChI=1S/C39H47N3O10/c1-38(2)49-32-29(48-37-35(34(32)50-38)51-39(3,4)52-37)24-46-36-30(41-42-40)33(45-22-27-18-12-7-13-19-27)31(44-21-26-16-10-6-11-17-26)28(47-36)23-43-20-25-14-8-5-9-15-25/h5-19,28-37H,20-24H2,1-4H3/t28-,29-,30-,31+,32+,33-,34+,35-,36-,37-/m1/s1. The summed E-state index contributed by atoms with van der Waals surface area (Å²) in [6.45, 7) is 8.42. The molecule has 0 spiro atoms. The van der Waals surface area contributed by atoms with E-state index in [0.717, 1.165) is 16.7 Å². The minimum Gasteiger partial charge on any atom is -0.374 e. The van der Waals surface area contributed by atoms with Gasteiger partial charge in [0.15, 0.2) is 24.2 Å². The third-order valence-electron chi connectivity index (χ3n) is 9.44. The smallest absolute Gasteiger partial charge is 0.190 e. The fourth-order valence-electron chi connectivity index (χ4n) is 7.16. The lowest BCUT2D eigenvalue weighted by molar-refractivity contribution is -0.302. The molecule has 4 aliphatic heterocycles. The Morgan fingerprint density at radius 2 is 1.13 bits per heavy atom. The molecule has 4 aliphatic rings. The summed E-state index contributed by atoms with van der Waals surface area (Å²) in [4.78, 5) is 3.21. The van der Waals surface area contributed by atoms with Crippen LogP contribution in [-0.2, 0) is 67.2 Å². The number of ether oxygens (including phenoxy) is 10. The van der Waals surface area contributed by atoms with Crippen LogP contribution < -0.4 is 0 Å². The van der Waals surface area contributed by atoms with Gasteiger partial charge >= 0.3 is 0 Å². The van der Waals surface area contributed by atoms with E-state index < -0.39 is 72.9 Å². The van der Waals surface area contributed by atoms with Gasteiger partial charge in [0.1, 0.15) is 48.8 Å². The molecule has 13 heteroatoms. The Morgan fingerprint density at radius 3 is 1.75 bits per heavy atom. The Balaban J connectivity index is 1.14. The first-order valence-corrected chi connectivity index (χ1v) is 17.8. The zero-order valence-electron chi connectivity index (χ0n) is 29.9. The third-order valence-corrected chi connectivity index (χ3v) is 9.44. The SMILES string of the molecule is CC1(C)O[C@H]2[C@@H](O1)[C@@H](CO[C@@H]1O[C@H](COCc3ccccc3)[C@H](OCc3ccccc3)[C@H](OCc3ccccc3)[C@H]1N=[N+]=[N-])O[C@@H]1OC(C)(C)O[C@@H]12. The van der Waals surface area contributed by atoms with E-state index >= 15 is 0 Å². The molecule has 52 heavy (non-hydrogen) atoms. The summed E-state index contributed by atoms with van der Waals surface area (Å²) in [5.74, 6) is -1.74. The zero-order chi connectivity index (χ0) is 36.1. The maximum Gasteiger partial charge on any atom is 0.190 e. The monoisotopic (exact) mass is 717 g/mol. The molecule has 0 aliphatic carbocycles. The van der Waals surface area contributed by atoms with Crippen LogP contribution in [0.2, 0.25) is 0 Å². The van der Waals surface area contributed by atoms with Gasteiger partial charge in [-0.15, -0.1) is 0 Å². The molecular formula is C39H47N3O10. The second kappa shape index (κ2) is 16.3. The molecule has 0 amide bonds. The van der Waals surface area contributed by atoms with E-state index in [9.17, 15) is 5.53 Å². The van der Waals surface area contributed by atoms with Gasteiger partial charge in [0.25, 0.3) is 0 Å². The molecule has 0 radical (unpaired) electrons. The summed E-state index contributed by atoms with van der Waals surface area (Å²) in [6, 6.07) is 28.6. The molecule has 4 heterocycles. The largest absolute Gasteiger partial charge is 0.374 e. The fraction of sp³-hybridized carbons (Fsp3) is 0.538. The lowest BCUT2D eigenvalue weighted by Gasteiger charge is -2.45. The van der Waals surface area contributed by atoms with Gasteiger partial charge in [-0.2, -0.15) is 0 Å². The topological polar surface area (TPSA) is 141 Å². The number of azide groups is 1. The first-order chi connectivity index (χ1) is 25.2. The van der Waals surface area contributed by atoms with Crippen molar-refractivity contribution in [1.82, 2.24) is 0 Å². The molecule has 0 bridgehead atoms. The number of fused-ring (bicyclic) bond motifs is 3. The molecule has 0 N–H and O–H groups in total. The van der Waals surface area contributed by atoms with Crippen molar-refractivity contribution in [2.24, 2.45) is 5.11 Å². The predicted octanol–water partition coefficient (Wildman–Crippen LogP) is 6.19. The van der Waals surface area contributed by atoms with E-state index in [-0.39, 0.29) is 26.4 Å². The van der Waals surface area contributed by atoms with Crippen LogP contribution in [0.3, 0.4) is 0 Å². The average Bonchev–Trinajstić information content (AvgIpc) is 3.64. The number of benzene rings is 3. The van der Waals surface area contributed by atoms with Crippen LogP contribution in [0.25, 0.3) is 10.4 Å². The van der Waals surface area contributed by atoms with Crippen molar-refractivity contribution in [3.05, 3.63) is 118 Å². The van der Waals surface area contributed by atoms with Crippen LogP contribution in [0, 0.1) is 0 Å². The van der Waals surface area contributed by atoms with Crippen molar-refractivity contribution in [3.63, 3.8) is 0 Å². The first kappa shape index (κ1) is 36.9. The minimum absolute atomic E-state index is 0.00820. The van der Waals surface area contributed by atoms with Gasteiger partial charge < -0.3 is 47.4 Å². The molecule has 0 saturated carbocycles. The van der Waals surface area contributed by atoms with Crippen molar-refractivity contribution in [3.8, 4) is 0 Å². The normalized spacial score (nSPS) is 33.2. The molecule has 4 saturated heterocycles. The summed E-state index contributed by atoms with van der Waals surface area (Å²) in [7, 11) is 0. The molecule has 13 nitrogen and oxygen atoms in total. The number of hydrogen-bond donors (Lipinski definition) is 0. The van der Waals surface area contributed by atoms with E-state index in [1.165, 1.54) is 0 Å². The van der Waals surface area contributed by atoms with Crippen LogP contribution in [0.4, 0.5) is 0 Å². The highest BCUT2D eigenvalue weighted by molar-refractivity contribution is 5.16. The lowest BCUT2D eigenvalue weighted by atomic mass is 9.96. The Labute approximate surface area is 303 Å². The molecule has 4 fully saturated rings. The van der Waals surface area contributed by atoms with Crippen molar-refractivity contribution in [2.45, 2.75) is 120 Å². The highest BCUT2D eigenvalue weighted by Gasteiger charge is 2.61. The van der Waals surface area contributed by atoms with Crippen LogP contribution in [-0.4, -0.2) is 86.1 Å². The Bertz CT molecular complexity index is 1630. The quantitative estimate of drug-likeness (QED) is 0.108. The van der Waals surface area contributed by atoms with E-state index in [0.29, 0.717) is 6.61 Å². The third kappa shape index (κ3) is 8.84. The number of nitrogens with zero attached hydrogens (tertiary/aromatic N) is 3. The van der Waals surface area contributed by atoms with Gasteiger partial charge in [0.2, 0.25) is 0 Å². The fourth-order valence-corrected chi connectivity index (χ4v) is 7.16. The van der Waals surface area contributed by atoms with E-state index in [1.54, 1.807) is 0 Å². The van der Waals surface area contributed by atoms with E-state index in [2.05, 4.69) is 10.0 Å². The molecule has 278 valence electrons. The maximum absolute atomic E-state index is 9.85. The van der Waals surface area contributed by atoms with Crippen LogP contribution in [0.5, 0.6) is 0 Å². The van der Waals surface area contributed by atoms with E-state index in [4.69, 9.17) is 47.4 Å². The molecule has 0 unspecified atom stereocenters. The van der Waals surface area contributed by atoms with Crippen molar-refractivity contribution >= 4 is 0 Å². The lowest BCUT2D eigenvalue weighted by Crippen LogP contribution is -2.61. The number of rotatable bonds is 14. The van der Waals surface area contributed by atoms with Gasteiger partial charge in [0, 0.05) is 4.91 Å². The maximum atomic E-state index is 9.85. The summed E-state index contributed by atoms with van der Waals surface area (Å²) in [5, 5.41) is 4.20. The summed E-state index contributed by atoms with van der Waals surface area (Å²) >= 11 is 0. The zero-order valence-corrected chi connectivity index (χ0v) is 29.9. The molecule has 3 aromatic rings. The Morgan fingerprint density at radius 1 is 0.596 bits per heavy atom. The number of hydrogen-bond acceptors (Lipinski definition) is 11. The van der Waals surface area contributed by atoms with Crippen molar-refractivity contribution < 1.29 is 47.4 Å². The van der Waals surface area contributed by atoms with Crippen molar-refractivity contribution in [1.29, 1.82) is 0 Å². The van der Waals surface area contributed by atoms with Crippen molar-refractivity contribution in [2.75, 3.05) is 13.2 Å². The van der Waals surface area contributed by atoms with Gasteiger partial charge in [-0.25, -0.2) is 0 Å². The van der Waals surface area contributed by atoms with Gasteiger partial charge in [-0.1, -0.05) is 96.1 Å². The molecular weight excluding hydrogens is 670 g/mol.